The molecule has 0 N–H and O–H groups in total. The molecular weight excluding hydrogens is 1130 g/mol. The van der Waals surface area contributed by atoms with E-state index in [1.54, 1.807) is 0 Å². The lowest BCUT2D eigenvalue weighted by atomic mass is 10.1. The Kier molecular flexibility index (Phi) is 64.2. The number of carbonyl (C=O) groups is 3. The van der Waals surface area contributed by atoms with Crippen LogP contribution in [-0.4, -0.2) is 82.3 Å². The zero-order valence-corrected chi connectivity index (χ0v) is 57.3. The Bertz CT molecular complexity index is 2350. The number of carboxylic acids is 1. The van der Waals surface area contributed by atoms with E-state index in [1.807, 2.05) is 21.1 Å². The van der Waals surface area contributed by atoms with E-state index in [0.717, 1.165) is 167 Å². The summed E-state index contributed by atoms with van der Waals surface area (Å²) in [5.41, 5.74) is 0. The van der Waals surface area contributed by atoms with Gasteiger partial charge in [-0.15, -0.1) is 0 Å². The predicted molar refractivity (Wildman–Crippen MR) is 388 cm³/mol. The number of likely N-dealkylation sites (N-methyl/N-ethyl adjacent to an activating group) is 1. The number of rotatable bonds is 60. The van der Waals surface area contributed by atoms with Crippen molar-refractivity contribution in [2.45, 2.75) is 219 Å². The number of carboxylic acid groups (broad SMARTS) is 1. The molecule has 0 saturated heterocycles. The van der Waals surface area contributed by atoms with Crippen LogP contribution < -0.4 is 5.11 Å². The Balaban J connectivity index is 4.36. The highest BCUT2D eigenvalue weighted by Crippen LogP contribution is 2.12. The van der Waals surface area contributed by atoms with Gasteiger partial charge in [-0.05, 0) is 161 Å². The average molecular weight is 1250 g/mol. The van der Waals surface area contributed by atoms with Gasteiger partial charge in [-0.2, -0.15) is 0 Å². The zero-order chi connectivity index (χ0) is 66.1. The topological polar surface area (TPSA) is 111 Å². The van der Waals surface area contributed by atoms with Gasteiger partial charge in [0.2, 0.25) is 0 Å². The Hall–Kier alpha value is -6.65. The highest BCUT2D eigenvalue weighted by Gasteiger charge is 2.22. The lowest BCUT2D eigenvalue weighted by Crippen LogP contribution is -2.44. The molecule has 0 amide bonds. The molecule has 0 rings (SSSR count). The van der Waals surface area contributed by atoms with Gasteiger partial charge in [-0.3, -0.25) is 9.59 Å². The molecule has 0 aliphatic carbocycles. The Labute approximate surface area is 555 Å². The maximum Gasteiger partial charge on any atom is 0.306 e. The lowest BCUT2D eigenvalue weighted by molar-refractivity contribution is -0.870. The molecule has 0 radical (unpaired) electrons. The number of esters is 2. The van der Waals surface area contributed by atoms with Crippen molar-refractivity contribution in [3.8, 4) is 0 Å². The smallest absolute Gasteiger partial charge is 0.306 e. The van der Waals surface area contributed by atoms with Crippen molar-refractivity contribution in [3.05, 3.63) is 231 Å². The maximum atomic E-state index is 12.9. The molecule has 0 aromatic carbocycles. The summed E-state index contributed by atoms with van der Waals surface area (Å²) in [4.78, 5) is 37.4. The summed E-state index contributed by atoms with van der Waals surface area (Å²) < 4.78 is 22.7. The van der Waals surface area contributed by atoms with Crippen LogP contribution in [0.25, 0.3) is 0 Å². The van der Waals surface area contributed by atoms with Crippen molar-refractivity contribution in [2.75, 3.05) is 47.5 Å². The molecule has 0 aromatic rings. The Morgan fingerprint density at radius 3 is 0.901 bits per heavy atom. The molecule has 0 heterocycles. The number of hydrogen-bond donors (Lipinski definition) is 0. The van der Waals surface area contributed by atoms with Crippen molar-refractivity contribution in [1.29, 1.82) is 0 Å². The van der Waals surface area contributed by atoms with Crippen molar-refractivity contribution in [1.82, 2.24) is 0 Å². The van der Waals surface area contributed by atoms with E-state index in [9.17, 15) is 19.5 Å². The summed E-state index contributed by atoms with van der Waals surface area (Å²) in [5.74, 6) is -2.40. The van der Waals surface area contributed by atoms with Gasteiger partial charge in [-0.25, -0.2) is 0 Å². The first-order valence-corrected chi connectivity index (χ1v) is 34.5. The second kappa shape index (κ2) is 69.2. The highest BCUT2D eigenvalue weighted by molar-refractivity contribution is 5.70. The molecule has 0 saturated carbocycles. The predicted octanol–water partition coefficient (Wildman–Crippen LogP) is 20.6. The maximum absolute atomic E-state index is 12.9. The monoisotopic (exact) mass is 1250 g/mol. The number of allylic oxidation sites excluding steroid dienone is 38. The fraction of sp³-hybridized carbons (Fsp3) is 0.500. The standard InChI is InChI=1S/C82H123NO8/c1-6-8-10-12-14-16-18-20-22-24-26-28-30-32-34-35-36-37-38-39-40-41-42-43-44-45-47-49-51-53-55-57-59-61-63-65-67-69-71-73-80(85)91-78(77-90-82(81(86)87)88-75-74-83(3,4)5)76-89-79(84)72-70-68-66-64-62-60-58-56-54-52-50-48-46-33-31-29-27-25-23-21-19-17-15-13-11-9-7-2/h8-11,14-17,20-23,26-29,32-34,36-37,39-40,42-43,45-47,50-53,56-59,63,65,78,82H,6-7,12-13,18-19,24-25,30-31,35,38,41,44,48-49,54-55,60-62,64,66-77H2,1-5H3/b10-8-,11-9-,16-14-,17-15-,22-20-,23-21-,28-26-,29-27-,34-32-,37-36-,40-39-,43-42-,46-33-,47-45-,52-50-,53-51-,58-56-,59-57-,65-63-. The van der Waals surface area contributed by atoms with Gasteiger partial charge in [0.25, 0.3) is 0 Å². The van der Waals surface area contributed by atoms with E-state index in [-0.39, 0.29) is 32.7 Å². The van der Waals surface area contributed by atoms with Crippen LogP contribution in [0.5, 0.6) is 0 Å². The lowest BCUT2D eigenvalue weighted by Gasteiger charge is -2.26. The molecule has 9 heteroatoms. The average Bonchev–Trinajstić information content (AvgIpc) is 3.46. The van der Waals surface area contributed by atoms with Gasteiger partial charge in [0.1, 0.15) is 13.2 Å². The second-order valence-electron chi connectivity index (χ2n) is 23.0. The Morgan fingerprint density at radius 2 is 0.593 bits per heavy atom. The molecule has 0 spiro atoms. The van der Waals surface area contributed by atoms with Crippen LogP contribution in [0.2, 0.25) is 0 Å². The first-order valence-electron chi connectivity index (χ1n) is 34.5. The van der Waals surface area contributed by atoms with E-state index in [4.69, 9.17) is 18.9 Å². The summed E-state index contributed by atoms with van der Waals surface area (Å²) in [6, 6.07) is 0. The summed E-state index contributed by atoms with van der Waals surface area (Å²) in [7, 11) is 5.88. The molecule has 0 bridgehead atoms. The van der Waals surface area contributed by atoms with Crippen LogP contribution in [-0.2, 0) is 33.3 Å². The normalized spacial score (nSPS) is 14.2. The zero-order valence-electron chi connectivity index (χ0n) is 57.3. The molecule has 0 aromatic heterocycles. The van der Waals surface area contributed by atoms with E-state index in [1.165, 1.54) is 0 Å². The number of ether oxygens (including phenoxy) is 4. The minimum absolute atomic E-state index is 0.121. The molecular formula is C82H123NO8. The minimum atomic E-state index is -1.66. The summed E-state index contributed by atoms with van der Waals surface area (Å²) in [5, 5.41) is 11.8. The molecule has 9 nitrogen and oxygen atoms in total. The van der Waals surface area contributed by atoms with Gasteiger partial charge in [0.15, 0.2) is 12.4 Å². The van der Waals surface area contributed by atoms with Crippen molar-refractivity contribution >= 4 is 17.9 Å². The van der Waals surface area contributed by atoms with Crippen LogP contribution in [0.4, 0.5) is 0 Å². The Morgan fingerprint density at radius 1 is 0.330 bits per heavy atom. The summed E-state index contributed by atoms with van der Waals surface area (Å²) in [6.45, 7) is 4.40. The molecule has 0 fully saturated rings. The van der Waals surface area contributed by atoms with Crippen LogP contribution in [0, 0.1) is 0 Å². The number of carbonyl (C=O) groups excluding carboxylic acids is 3. The van der Waals surface area contributed by atoms with E-state index in [2.05, 4.69) is 245 Å². The highest BCUT2D eigenvalue weighted by atomic mass is 16.7. The molecule has 0 aliphatic heterocycles. The van der Waals surface area contributed by atoms with E-state index >= 15 is 0 Å². The van der Waals surface area contributed by atoms with Crippen LogP contribution in [0.3, 0.4) is 0 Å². The fourth-order valence-corrected chi connectivity index (χ4v) is 8.20. The fourth-order valence-electron chi connectivity index (χ4n) is 8.20. The summed E-state index contributed by atoms with van der Waals surface area (Å²) in [6.07, 6.45) is 108. The minimum Gasteiger partial charge on any atom is -0.545 e. The van der Waals surface area contributed by atoms with Gasteiger partial charge < -0.3 is 33.3 Å². The first-order chi connectivity index (χ1) is 44.6. The van der Waals surface area contributed by atoms with Crippen LogP contribution in [0.15, 0.2) is 231 Å². The van der Waals surface area contributed by atoms with Gasteiger partial charge >= 0.3 is 11.9 Å². The summed E-state index contributed by atoms with van der Waals surface area (Å²) >= 11 is 0. The number of quaternary nitrogens is 1. The van der Waals surface area contributed by atoms with Crippen LogP contribution in [0.1, 0.15) is 206 Å². The number of aliphatic carboxylic acids is 1. The van der Waals surface area contributed by atoms with Crippen molar-refractivity contribution in [3.63, 3.8) is 0 Å². The number of hydrogen-bond acceptors (Lipinski definition) is 8. The molecule has 2 unspecified atom stereocenters. The quantitative estimate of drug-likeness (QED) is 0.0195. The third-order valence-corrected chi connectivity index (χ3v) is 13.4. The first kappa shape index (κ1) is 84.4. The van der Waals surface area contributed by atoms with Crippen LogP contribution >= 0.6 is 0 Å². The van der Waals surface area contributed by atoms with E-state index < -0.39 is 30.3 Å². The number of unbranched alkanes of at least 4 members (excludes halogenated alkanes) is 7. The molecule has 2 atom stereocenters. The van der Waals surface area contributed by atoms with Crippen molar-refractivity contribution < 1.29 is 42.9 Å². The largest absolute Gasteiger partial charge is 0.545 e. The van der Waals surface area contributed by atoms with Gasteiger partial charge in [-0.1, -0.05) is 264 Å². The third-order valence-electron chi connectivity index (χ3n) is 13.4. The third kappa shape index (κ3) is 70.7. The molecule has 0 aliphatic rings. The molecule has 91 heavy (non-hydrogen) atoms. The number of nitrogens with zero attached hydrogens (tertiary/aromatic N) is 1. The second-order valence-corrected chi connectivity index (χ2v) is 23.0. The van der Waals surface area contributed by atoms with Crippen molar-refractivity contribution in [2.24, 2.45) is 0 Å². The van der Waals surface area contributed by atoms with Gasteiger partial charge in [0.05, 0.1) is 40.3 Å². The van der Waals surface area contributed by atoms with E-state index in [0.29, 0.717) is 23.9 Å². The van der Waals surface area contributed by atoms with Gasteiger partial charge in [0, 0.05) is 12.8 Å². The SMILES string of the molecule is CC/C=C\C/C=C\C/C=C\C/C=C\C/C=C\C/C=C\C/C=C\C/C=C\C/C=C\C/C=C\C/C=C\C/C=C\CCCCC(=O)OC(COC(=O)CCCCCCC/C=C\C/C=C\C/C=C\C/C=C\C/C=C\C/C=C\C/C=C\CC)COC(OCC[N+](C)(C)C)C(=O)[O-]. The molecule has 504 valence electrons.